The van der Waals surface area contributed by atoms with Crippen LogP contribution in [0.3, 0.4) is 0 Å². The third-order valence-electron chi connectivity index (χ3n) is 7.45. The molecule has 2 aliphatic heterocycles. The fourth-order valence-corrected chi connectivity index (χ4v) is 6.48. The maximum atomic E-state index is 13.4. The molecule has 8 heteroatoms. The van der Waals surface area contributed by atoms with Gasteiger partial charge in [-0.2, -0.15) is 0 Å². The van der Waals surface area contributed by atoms with Crippen LogP contribution in [0.15, 0.2) is 30.3 Å². The molecule has 4 rings (SSSR count). The Morgan fingerprint density at radius 1 is 1.06 bits per heavy atom. The molecular formula is C25H38N2O5S. The predicted octanol–water partition coefficient (Wildman–Crippen LogP) is 3.06. The van der Waals surface area contributed by atoms with Gasteiger partial charge in [-0.05, 0) is 62.8 Å². The van der Waals surface area contributed by atoms with Gasteiger partial charge < -0.3 is 14.4 Å². The van der Waals surface area contributed by atoms with Crippen LogP contribution in [0.25, 0.3) is 0 Å². The molecule has 0 radical (unpaired) electrons. The second-order valence-corrected chi connectivity index (χ2v) is 11.6. The Morgan fingerprint density at radius 3 is 2.42 bits per heavy atom. The smallest absolute Gasteiger partial charge is 0.226 e. The quantitative estimate of drug-likeness (QED) is 0.651. The molecule has 1 N–H and O–H groups in total. The van der Waals surface area contributed by atoms with E-state index >= 15 is 0 Å². The second kappa shape index (κ2) is 11.3. The van der Waals surface area contributed by atoms with E-state index in [4.69, 9.17) is 9.47 Å². The lowest BCUT2D eigenvalue weighted by molar-refractivity contribution is -0.145. The van der Waals surface area contributed by atoms with Crippen molar-refractivity contribution in [3.63, 3.8) is 0 Å². The molecule has 0 spiro atoms. The third-order valence-corrected chi connectivity index (χ3v) is 8.18. The highest BCUT2D eigenvalue weighted by Gasteiger charge is 2.39. The van der Waals surface area contributed by atoms with Crippen LogP contribution in [0, 0.1) is 5.92 Å². The standard InChI is InChI=1S/C25H38N2O5S/c1-33(29,30)26-23-8-5-15-27(25(28)21-13-16-31-17-14-21)24(23)18-32-22-11-9-20(10-12-22)19-6-3-2-4-7-19/h2-4,6-7,20-24,26H,5,8-18H2,1H3/t20-,22+,23-,24-/m0/s1. The summed E-state index contributed by atoms with van der Waals surface area (Å²) >= 11 is 0. The van der Waals surface area contributed by atoms with Gasteiger partial charge in [0.15, 0.2) is 0 Å². The number of nitrogens with zero attached hydrogens (tertiary/aromatic N) is 1. The van der Waals surface area contributed by atoms with E-state index in [1.165, 1.54) is 11.8 Å². The molecule has 1 aromatic carbocycles. The highest BCUT2D eigenvalue weighted by molar-refractivity contribution is 7.88. The minimum atomic E-state index is -3.38. The van der Waals surface area contributed by atoms with Gasteiger partial charge in [0, 0.05) is 31.7 Å². The van der Waals surface area contributed by atoms with E-state index in [-0.39, 0.29) is 30.0 Å². The maximum Gasteiger partial charge on any atom is 0.226 e. The highest BCUT2D eigenvalue weighted by atomic mass is 32.2. The van der Waals surface area contributed by atoms with Crippen molar-refractivity contribution < 1.29 is 22.7 Å². The van der Waals surface area contributed by atoms with Crippen LogP contribution in [0.5, 0.6) is 0 Å². The number of hydrogen-bond donors (Lipinski definition) is 1. The van der Waals surface area contributed by atoms with E-state index in [2.05, 4.69) is 35.1 Å². The van der Waals surface area contributed by atoms with Gasteiger partial charge in [-0.3, -0.25) is 4.79 Å². The number of likely N-dealkylation sites (tertiary alicyclic amines) is 1. The lowest BCUT2D eigenvalue weighted by Crippen LogP contribution is -2.60. The number of hydrogen-bond acceptors (Lipinski definition) is 5. The Labute approximate surface area is 198 Å². The van der Waals surface area contributed by atoms with E-state index in [0.717, 1.165) is 51.4 Å². The molecule has 1 amide bonds. The zero-order chi connectivity index (χ0) is 23.3. The van der Waals surface area contributed by atoms with Gasteiger partial charge in [-0.1, -0.05) is 30.3 Å². The molecular weight excluding hydrogens is 440 g/mol. The van der Waals surface area contributed by atoms with Crippen molar-refractivity contribution in [2.75, 3.05) is 32.6 Å². The Hall–Kier alpha value is -1.48. The number of amides is 1. The molecule has 184 valence electrons. The summed E-state index contributed by atoms with van der Waals surface area (Å²) < 4.78 is 38.6. The fraction of sp³-hybridized carbons (Fsp3) is 0.720. The molecule has 3 aliphatic rings. The average molecular weight is 479 g/mol. The molecule has 2 atom stereocenters. The van der Waals surface area contributed by atoms with Crippen molar-refractivity contribution in [3.05, 3.63) is 35.9 Å². The summed E-state index contributed by atoms with van der Waals surface area (Å²) in [5.74, 6) is 0.659. The first kappa shape index (κ1) is 24.6. The van der Waals surface area contributed by atoms with E-state index < -0.39 is 10.0 Å². The van der Waals surface area contributed by atoms with Gasteiger partial charge in [0.2, 0.25) is 15.9 Å². The number of carbonyl (C=O) groups excluding carboxylic acids is 1. The van der Waals surface area contributed by atoms with Gasteiger partial charge in [0.1, 0.15) is 0 Å². The molecule has 33 heavy (non-hydrogen) atoms. The molecule has 2 saturated heterocycles. The van der Waals surface area contributed by atoms with Crippen molar-refractivity contribution in [1.29, 1.82) is 0 Å². The summed E-state index contributed by atoms with van der Waals surface area (Å²) in [6.45, 7) is 2.26. The highest BCUT2D eigenvalue weighted by Crippen LogP contribution is 2.34. The Bertz CT molecular complexity index is 864. The van der Waals surface area contributed by atoms with Crippen LogP contribution < -0.4 is 4.72 Å². The topological polar surface area (TPSA) is 84.9 Å². The van der Waals surface area contributed by atoms with Crippen molar-refractivity contribution in [2.24, 2.45) is 5.92 Å². The first-order valence-corrected chi connectivity index (χ1v) is 14.3. The third kappa shape index (κ3) is 6.78. The number of sulfonamides is 1. The summed E-state index contributed by atoms with van der Waals surface area (Å²) in [6.07, 6.45) is 8.49. The van der Waals surface area contributed by atoms with Gasteiger partial charge in [-0.15, -0.1) is 0 Å². The molecule has 1 aliphatic carbocycles. The minimum Gasteiger partial charge on any atom is -0.381 e. The average Bonchev–Trinajstić information content (AvgIpc) is 2.83. The summed E-state index contributed by atoms with van der Waals surface area (Å²) in [7, 11) is -3.38. The zero-order valence-corrected chi connectivity index (χ0v) is 20.5. The number of ether oxygens (including phenoxy) is 2. The van der Waals surface area contributed by atoms with Crippen molar-refractivity contribution in [1.82, 2.24) is 9.62 Å². The Kier molecular flexibility index (Phi) is 8.43. The normalized spacial score (nSPS) is 29.7. The maximum absolute atomic E-state index is 13.4. The molecule has 7 nitrogen and oxygen atoms in total. The van der Waals surface area contributed by atoms with Gasteiger partial charge >= 0.3 is 0 Å². The molecule has 3 fully saturated rings. The van der Waals surface area contributed by atoms with Gasteiger partial charge in [0.25, 0.3) is 0 Å². The van der Waals surface area contributed by atoms with E-state index in [9.17, 15) is 13.2 Å². The van der Waals surface area contributed by atoms with Crippen molar-refractivity contribution >= 4 is 15.9 Å². The number of rotatable bonds is 7. The predicted molar refractivity (Wildman–Crippen MR) is 127 cm³/mol. The first-order chi connectivity index (χ1) is 15.9. The van der Waals surface area contributed by atoms with Crippen molar-refractivity contribution in [3.8, 4) is 0 Å². The number of benzene rings is 1. The lowest BCUT2D eigenvalue weighted by atomic mass is 9.83. The van der Waals surface area contributed by atoms with Crippen LogP contribution in [-0.4, -0.2) is 70.0 Å². The molecule has 1 saturated carbocycles. The molecule has 0 aromatic heterocycles. The minimum absolute atomic E-state index is 0.0421. The Balaban J connectivity index is 1.39. The molecule has 0 unspecified atom stereocenters. The summed E-state index contributed by atoms with van der Waals surface area (Å²) in [5.41, 5.74) is 1.40. The lowest BCUT2D eigenvalue weighted by Gasteiger charge is -2.43. The van der Waals surface area contributed by atoms with Crippen molar-refractivity contribution in [2.45, 2.75) is 75.5 Å². The van der Waals surface area contributed by atoms with E-state index in [1.54, 1.807) is 0 Å². The Morgan fingerprint density at radius 2 is 1.76 bits per heavy atom. The number of carbonyl (C=O) groups is 1. The SMILES string of the molecule is CS(=O)(=O)N[C@H]1CCCN(C(=O)C2CCOCC2)[C@H]1CO[C@H]1CC[C@@H](c2ccccc2)CC1. The van der Waals surface area contributed by atoms with Crippen LogP contribution >= 0.6 is 0 Å². The summed E-state index contributed by atoms with van der Waals surface area (Å²) in [5, 5.41) is 0. The number of nitrogens with one attached hydrogen (secondary N) is 1. The first-order valence-electron chi connectivity index (χ1n) is 12.4. The summed E-state index contributed by atoms with van der Waals surface area (Å²) in [4.78, 5) is 15.3. The van der Waals surface area contributed by atoms with Crippen LogP contribution in [0.2, 0.25) is 0 Å². The van der Waals surface area contributed by atoms with Crippen LogP contribution in [0.4, 0.5) is 0 Å². The molecule has 2 heterocycles. The fourth-order valence-electron chi connectivity index (χ4n) is 5.65. The van der Waals surface area contributed by atoms with Gasteiger partial charge in [-0.25, -0.2) is 13.1 Å². The second-order valence-electron chi connectivity index (χ2n) is 9.84. The monoisotopic (exact) mass is 478 g/mol. The number of piperidine rings is 1. The zero-order valence-electron chi connectivity index (χ0n) is 19.7. The molecule has 1 aromatic rings. The largest absolute Gasteiger partial charge is 0.381 e. The molecule has 0 bridgehead atoms. The van der Waals surface area contributed by atoms with Crippen LogP contribution in [0.1, 0.15) is 62.8 Å². The van der Waals surface area contributed by atoms with E-state index in [0.29, 0.717) is 32.3 Å². The summed E-state index contributed by atoms with van der Waals surface area (Å²) in [6, 6.07) is 10.1. The van der Waals surface area contributed by atoms with Crippen LogP contribution in [-0.2, 0) is 24.3 Å². The van der Waals surface area contributed by atoms with Gasteiger partial charge in [0.05, 0.1) is 25.0 Å². The van der Waals surface area contributed by atoms with E-state index in [1.807, 2.05) is 4.90 Å².